The Morgan fingerprint density at radius 1 is 1.35 bits per heavy atom. The minimum Gasteiger partial charge on any atom is -0.338 e. The topological polar surface area (TPSA) is 32.3 Å². The Bertz CT molecular complexity index is 439. The van der Waals surface area contributed by atoms with Crippen LogP contribution < -0.4 is 5.32 Å². The lowest BCUT2D eigenvalue weighted by Crippen LogP contribution is -2.40. The lowest BCUT2D eigenvalue weighted by Gasteiger charge is -2.25. The van der Waals surface area contributed by atoms with Crippen LogP contribution >= 0.6 is 0 Å². The molecule has 2 rings (SSSR count). The molecule has 1 aliphatic rings. The van der Waals surface area contributed by atoms with Crippen molar-refractivity contribution in [2.45, 2.75) is 46.1 Å². The molecule has 0 saturated carbocycles. The number of rotatable bonds is 4. The van der Waals surface area contributed by atoms with Gasteiger partial charge in [-0.25, -0.2) is 4.79 Å². The average Bonchev–Trinajstić information content (AvgIpc) is 2.88. The van der Waals surface area contributed by atoms with E-state index in [1.807, 2.05) is 4.90 Å². The number of benzene rings is 1. The van der Waals surface area contributed by atoms with Crippen molar-refractivity contribution in [1.29, 1.82) is 0 Å². The SMILES string of the molecule is Cc1ccc([C@H]2CCCN2C(=O)NCCC(C)C)cc1. The monoisotopic (exact) mass is 274 g/mol. The average molecular weight is 274 g/mol. The Labute approximate surface area is 122 Å². The van der Waals surface area contributed by atoms with Gasteiger partial charge in [0.2, 0.25) is 0 Å². The van der Waals surface area contributed by atoms with Crippen molar-refractivity contribution in [2.75, 3.05) is 13.1 Å². The molecule has 0 bridgehead atoms. The molecule has 1 aliphatic heterocycles. The van der Waals surface area contributed by atoms with Crippen LogP contribution in [0.3, 0.4) is 0 Å². The largest absolute Gasteiger partial charge is 0.338 e. The molecule has 20 heavy (non-hydrogen) atoms. The maximum atomic E-state index is 12.3. The molecule has 2 amide bonds. The summed E-state index contributed by atoms with van der Waals surface area (Å²) >= 11 is 0. The highest BCUT2D eigenvalue weighted by Crippen LogP contribution is 2.31. The predicted molar refractivity (Wildman–Crippen MR) is 82.7 cm³/mol. The van der Waals surface area contributed by atoms with Crippen LogP contribution in [0.5, 0.6) is 0 Å². The van der Waals surface area contributed by atoms with E-state index in [9.17, 15) is 4.79 Å². The summed E-state index contributed by atoms with van der Waals surface area (Å²) in [6.07, 6.45) is 3.20. The molecule has 1 heterocycles. The Balaban J connectivity index is 1.96. The van der Waals surface area contributed by atoms with Crippen LogP contribution in [0.25, 0.3) is 0 Å². The molecule has 1 N–H and O–H groups in total. The number of likely N-dealkylation sites (tertiary alicyclic amines) is 1. The molecule has 3 nitrogen and oxygen atoms in total. The van der Waals surface area contributed by atoms with Gasteiger partial charge in [-0.2, -0.15) is 0 Å². The molecule has 1 fully saturated rings. The second kappa shape index (κ2) is 6.78. The second-order valence-electron chi connectivity index (χ2n) is 6.18. The second-order valence-corrected chi connectivity index (χ2v) is 6.18. The Kier molecular flexibility index (Phi) is 5.05. The Morgan fingerprint density at radius 3 is 2.70 bits per heavy atom. The summed E-state index contributed by atoms with van der Waals surface area (Å²) in [5.41, 5.74) is 2.52. The van der Waals surface area contributed by atoms with Crippen LogP contribution in [0.2, 0.25) is 0 Å². The van der Waals surface area contributed by atoms with E-state index in [2.05, 4.69) is 50.4 Å². The zero-order valence-corrected chi connectivity index (χ0v) is 12.9. The van der Waals surface area contributed by atoms with Gasteiger partial charge in [0.15, 0.2) is 0 Å². The third kappa shape index (κ3) is 3.75. The maximum Gasteiger partial charge on any atom is 0.317 e. The van der Waals surface area contributed by atoms with Crippen molar-refractivity contribution in [3.63, 3.8) is 0 Å². The van der Waals surface area contributed by atoms with Gasteiger partial charge in [0.1, 0.15) is 0 Å². The van der Waals surface area contributed by atoms with Crippen LogP contribution in [0.15, 0.2) is 24.3 Å². The fourth-order valence-electron chi connectivity index (χ4n) is 2.71. The van der Waals surface area contributed by atoms with E-state index >= 15 is 0 Å². The van der Waals surface area contributed by atoms with Crippen molar-refractivity contribution in [1.82, 2.24) is 10.2 Å². The first-order valence-corrected chi connectivity index (χ1v) is 7.69. The van der Waals surface area contributed by atoms with E-state index in [1.165, 1.54) is 11.1 Å². The number of amides is 2. The van der Waals surface area contributed by atoms with Gasteiger partial charge in [-0.3, -0.25) is 0 Å². The van der Waals surface area contributed by atoms with Gasteiger partial charge < -0.3 is 10.2 Å². The first kappa shape index (κ1) is 14.9. The van der Waals surface area contributed by atoms with Crippen molar-refractivity contribution in [2.24, 2.45) is 5.92 Å². The van der Waals surface area contributed by atoms with Crippen molar-refractivity contribution >= 4 is 6.03 Å². The minimum absolute atomic E-state index is 0.0914. The first-order chi connectivity index (χ1) is 9.58. The number of carbonyl (C=O) groups is 1. The first-order valence-electron chi connectivity index (χ1n) is 7.69. The lowest BCUT2D eigenvalue weighted by molar-refractivity contribution is 0.192. The van der Waals surface area contributed by atoms with E-state index in [-0.39, 0.29) is 12.1 Å². The van der Waals surface area contributed by atoms with Gasteiger partial charge in [-0.05, 0) is 37.7 Å². The van der Waals surface area contributed by atoms with Crippen LogP contribution in [0, 0.1) is 12.8 Å². The fraction of sp³-hybridized carbons (Fsp3) is 0.588. The normalized spacial score (nSPS) is 18.6. The summed E-state index contributed by atoms with van der Waals surface area (Å²) in [5, 5.41) is 3.05. The molecule has 110 valence electrons. The van der Waals surface area contributed by atoms with Crippen LogP contribution in [0.1, 0.15) is 50.3 Å². The molecule has 1 aromatic carbocycles. The number of hydrogen-bond donors (Lipinski definition) is 1. The molecule has 0 unspecified atom stereocenters. The van der Waals surface area contributed by atoms with E-state index in [0.29, 0.717) is 5.92 Å². The molecule has 0 aromatic heterocycles. The quantitative estimate of drug-likeness (QED) is 0.887. The van der Waals surface area contributed by atoms with Gasteiger partial charge in [0.05, 0.1) is 6.04 Å². The maximum absolute atomic E-state index is 12.3. The molecule has 1 aromatic rings. The van der Waals surface area contributed by atoms with Crippen molar-refractivity contribution < 1.29 is 4.79 Å². The predicted octanol–water partition coefficient (Wildman–Crippen LogP) is 3.89. The summed E-state index contributed by atoms with van der Waals surface area (Å²) < 4.78 is 0. The summed E-state index contributed by atoms with van der Waals surface area (Å²) in [7, 11) is 0. The number of carbonyl (C=O) groups excluding carboxylic acids is 1. The Hall–Kier alpha value is -1.51. The van der Waals surface area contributed by atoms with E-state index in [1.54, 1.807) is 0 Å². The van der Waals surface area contributed by atoms with Crippen molar-refractivity contribution in [3.8, 4) is 0 Å². The molecule has 0 radical (unpaired) electrons. The molecule has 0 aliphatic carbocycles. The van der Waals surface area contributed by atoms with Gasteiger partial charge in [-0.1, -0.05) is 43.7 Å². The highest BCUT2D eigenvalue weighted by molar-refractivity contribution is 5.75. The summed E-state index contributed by atoms with van der Waals surface area (Å²) in [6.45, 7) is 8.09. The summed E-state index contributed by atoms with van der Waals surface area (Å²) in [4.78, 5) is 14.3. The third-order valence-corrected chi connectivity index (χ3v) is 3.97. The smallest absolute Gasteiger partial charge is 0.317 e. The third-order valence-electron chi connectivity index (χ3n) is 3.97. The van der Waals surface area contributed by atoms with Gasteiger partial charge >= 0.3 is 6.03 Å². The zero-order valence-electron chi connectivity index (χ0n) is 12.9. The van der Waals surface area contributed by atoms with Crippen molar-refractivity contribution in [3.05, 3.63) is 35.4 Å². The van der Waals surface area contributed by atoms with Crippen LogP contribution in [-0.2, 0) is 0 Å². The van der Waals surface area contributed by atoms with E-state index < -0.39 is 0 Å². The molecule has 0 spiro atoms. The van der Waals surface area contributed by atoms with Crippen LogP contribution in [0.4, 0.5) is 4.79 Å². The number of nitrogens with one attached hydrogen (secondary N) is 1. The summed E-state index contributed by atoms with van der Waals surface area (Å²) in [6, 6.07) is 8.90. The molecular weight excluding hydrogens is 248 g/mol. The Morgan fingerprint density at radius 2 is 2.05 bits per heavy atom. The van der Waals surface area contributed by atoms with E-state index in [0.717, 1.165) is 32.4 Å². The number of urea groups is 1. The molecule has 3 heteroatoms. The fourth-order valence-corrected chi connectivity index (χ4v) is 2.71. The van der Waals surface area contributed by atoms with Gasteiger partial charge in [0.25, 0.3) is 0 Å². The molecular formula is C17H26N2O. The minimum atomic E-state index is 0.0914. The highest BCUT2D eigenvalue weighted by Gasteiger charge is 2.29. The molecule has 1 saturated heterocycles. The molecule has 1 atom stereocenters. The lowest BCUT2D eigenvalue weighted by atomic mass is 10.0. The number of nitrogens with zero attached hydrogens (tertiary/aromatic N) is 1. The number of aryl methyl sites for hydroxylation is 1. The zero-order chi connectivity index (χ0) is 14.5. The van der Waals surface area contributed by atoms with Crippen LogP contribution in [-0.4, -0.2) is 24.0 Å². The number of hydrogen-bond acceptors (Lipinski definition) is 1. The summed E-state index contributed by atoms with van der Waals surface area (Å²) in [5.74, 6) is 0.627. The van der Waals surface area contributed by atoms with E-state index in [4.69, 9.17) is 0 Å². The standard InChI is InChI=1S/C17H26N2O/c1-13(2)10-11-18-17(20)19-12-4-5-16(19)15-8-6-14(3)7-9-15/h6-9,13,16H,4-5,10-12H2,1-3H3,(H,18,20)/t16-/m1/s1. The van der Waals surface area contributed by atoms with Gasteiger partial charge in [0, 0.05) is 13.1 Å². The highest BCUT2D eigenvalue weighted by atomic mass is 16.2. The van der Waals surface area contributed by atoms with Gasteiger partial charge in [-0.15, -0.1) is 0 Å².